The molecule has 0 saturated heterocycles. The number of unbranched alkanes of at least 4 members (excludes halogenated alkanes) is 5. The van der Waals surface area contributed by atoms with E-state index in [1.54, 1.807) is 6.20 Å². The Kier molecular flexibility index (Phi) is 17.3. The number of nitrogens with zero attached hydrogens (tertiary/aromatic N) is 2. The van der Waals surface area contributed by atoms with E-state index >= 15 is 0 Å². The van der Waals surface area contributed by atoms with E-state index in [1.807, 2.05) is 18.2 Å². The number of halogens is 1. The Bertz CT molecular complexity index is 429. The van der Waals surface area contributed by atoms with Gasteiger partial charge in [0.05, 0.1) is 0 Å². The molecule has 0 aliphatic carbocycles. The highest BCUT2D eigenvalue weighted by Gasteiger charge is 1.95. The highest BCUT2D eigenvalue weighted by Crippen LogP contribution is 2.04. The van der Waals surface area contributed by atoms with Crippen LogP contribution in [0.3, 0.4) is 0 Å². The SMILES string of the molecule is CCCCCCCCOCCCN=C(N)NCCc1ccccn1.I. The summed E-state index contributed by atoms with van der Waals surface area (Å²) in [6, 6.07) is 5.92. The predicted molar refractivity (Wildman–Crippen MR) is 117 cm³/mol. The molecule has 0 aromatic carbocycles. The molecule has 1 rings (SSSR count). The standard InChI is InChI=1S/C19H34N4O.HI/c1-2-3-4-5-6-9-16-24-17-10-14-22-19(20)23-15-12-18-11-7-8-13-21-18;/h7-8,11,13H,2-6,9-10,12,14-17H2,1H3,(H3,20,22,23);1H. The van der Waals surface area contributed by atoms with E-state index in [2.05, 4.69) is 22.2 Å². The second kappa shape index (κ2) is 17.9. The van der Waals surface area contributed by atoms with Gasteiger partial charge in [0.2, 0.25) is 0 Å². The van der Waals surface area contributed by atoms with Crippen molar-refractivity contribution in [2.75, 3.05) is 26.3 Å². The Morgan fingerprint density at radius 1 is 1.12 bits per heavy atom. The second-order valence-corrected chi connectivity index (χ2v) is 6.00. The number of pyridine rings is 1. The van der Waals surface area contributed by atoms with E-state index in [1.165, 1.54) is 38.5 Å². The summed E-state index contributed by atoms with van der Waals surface area (Å²) in [6.45, 7) is 5.33. The summed E-state index contributed by atoms with van der Waals surface area (Å²) in [5.41, 5.74) is 6.89. The predicted octanol–water partition coefficient (Wildman–Crippen LogP) is 3.91. The lowest BCUT2D eigenvalue weighted by Crippen LogP contribution is -2.33. The number of hydrogen-bond donors (Lipinski definition) is 2. The summed E-state index contributed by atoms with van der Waals surface area (Å²) in [5, 5.41) is 3.11. The van der Waals surface area contributed by atoms with Crippen LogP contribution >= 0.6 is 24.0 Å². The molecule has 0 saturated carbocycles. The first-order valence-corrected chi connectivity index (χ1v) is 9.34. The quantitative estimate of drug-likeness (QED) is 0.190. The summed E-state index contributed by atoms with van der Waals surface area (Å²) in [7, 11) is 0. The van der Waals surface area contributed by atoms with Crippen molar-refractivity contribution in [3.05, 3.63) is 30.1 Å². The fourth-order valence-electron chi connectivity index (χ4n) is 2.37. The molecule has 0 amide bonds. The Hall–Kier alpha value is -0.890. The smallest absolute Gasteiger partial charge is 0.188 e. The van der Waals surface area contributed by atoms with E-state index in [-0.39, 0.29) is 24.0 Å². The van der Waals surface area contributed by atoms with Gasteiger partial charge in [-0.2, -0.15) is 0 Å². The van der Waals surface area contributed by atoms with E-state index in [9.17, 15) is 0 Å². The average molecular weight is 462 g/mol. The summed E-state index contributed by atoms with van der Waals surface area (Å²) >= 11 is 0. The molecule has 5 nitrogen and oxygen atoms in total. The molecule has 0 spiro atoms. The number of aliphatic imine (C=N–C) groups is 1. The maximum absolute atomic E-state index is 5.84. The highest BCUT2D eigenvalue weighted by atomic mass is 127. The van der Waals surface area contributed by atoms with Gasteiger partial charge in [-0.25, -0.2) is 0 Å². The summed E-state index contributed by atoms with van der Waals surface area (Å²) in [4.78, 5) is 8.58. The van der Waals surface area contributed by atoms with Crippen molar-refractivity contribution in [1.82, 2.24) is 10.3 Å². The minimum atomic E-state index is 0. The van der Waals surface area contributed by atoms with Crippen LogP contribution in [0.5, 0.6) is 0 Å². The summed E-state index contributed by atoms with van der Waals surface area (Å²) in [5.74, 6) is 0.502. The Labute approximate surface area is 170 Å². The minimum absolute atomic E-state index is 0. The second-order valence-electron chi connectivity index (χ2n) is 6.00. The number of hydrogen-bond acceptors (Lipinski definition) is 3. The van der Waals surface area contributed by atoms with Crippen LogP contribution in [0.1, 0.15) is 57.6 Å². The summed E-state index contributed by atoms with van der Waals surface area (Å²) < 4.78 is 5.62. The maximum atomic E-state index is 5.84. The molecular formula is C19H35IN4O. The minimum Gasteiger partial charge on any atom is -0.381 e. The van der Waals surface area contributed by atoms with Gasteiger partial charge < -0.3 is 15.8 Å². The first-order chi connectivity index (χ1) is 11.8. The number of aromatic nitrogens is 1. The van der Waals surface area contributed by atoms with Gasteiger partial charge in [-0.1, -0.05) is 45.1 Å². The third kappa shape index (κ3) is 15.1. The third-order valence-electron chi connectivity index (χ3n) is 3.78. The van der Waals surface area contributed by atoms with Crippen LogP contribution in [0.4, 0.5) is 0 Å². The van der Waals surface area contributed by atoms with Crippen LogP contribution in [0.15, 0.2) is 29.4 Å². The van der Waals surface area contributed by atoms with Crippen molar-refractivity contribution in [3.8, 4) is 0 Å². The average Bonchev–Trinajstić information content (AvgIpc) is 2.60. The molecule has 0 radical (unpaired) electrons. The van der Waals surface area contributed by atoms with Gasteiger partial charge in [0, 0.05) is 44.6 Å². The zero-order valence-electron chi connectivity index (χ0n) is 15.6. The lowest BCUT2D eigenvalue weighted by atomic mass is 10.1. The number of ether oxygens (including phenoxy) is 1. The third-order valence-corrected chi connectivity index (χ3v) is 3.78. The van der Waals surface area contributed by atoms with Crippen molar-refractivity contribution in [1.29, 1.82) is 0 Å². The molecule has 1 aromatic heterocycles. The molecule has 1 heterocycles. The van der Waals surface area contributed by atoms with Crippen LogP contribution < -0.4 is 11.1 Å². The molecule has 0 atom stereocenters. The monoisotopic (exact) mass is 462 g/mol. The van der Waals surface area contributed by atoms with Gasteiger partial charge in [0.25, 0.3) is 0 Å². The van der Waals surface area contributed by atoms with Crippen LogP contribution in [0.2, 0.25) is 0 Å². The Balaban J connectivity index is 0.00000576. The fraction of sp³-hybridized carbons (Fsp3) is 0.684. The molecule has 1 aromatic rings. The van der Waals surface area contributed by atoms with Gasteiger partial charge in [0.15, 0.2) is 5.96 Å². The fourth-order valence-corrected chi connectivity index (χ4v) is 2.37. The zero-order chi connectivity index (χ0) is 17.3. The van der Waals surface area contributed by atoms with Crippen molar-refractivity contribution in [3.63, 3.8) is 0 Å². The molecule has 144 valence electrons. The normalized spacial score (nSPS) is 11.2. The summed E-state index contributed by atoms with van der Waals surface area (Å²) in [6.07, 6.45) is 11.4. The first-order valence-electron chi connectivity index (χ1n) is 9.34. The zero-order valence-corrected chi connectivity index (χ0v) is 17.9. The van der Waals surface area contributed by atoms with Crippen LogP contribution in [-0.4, -0.2) is 37.2 Å². The van der Waals surface area contributed by atoms with E-state index in [4.69, 9.17) is 10.5 Å². The Morgan fingerprint density at radius 3 is 2.64 bits per heavy atom. The van der Waals surface area contributed by atoms with Crippen LogP contribution in [-0.2, 0) is 11.2 Å². The Morgan fingerprint density at radius 2 is 1.88 bits per heavy atom. The van der Waals surface area contributed by atoms with Gasteiger partial charge in [-0.15, -0.1) is 24.0 Å². The lowest BCUT2D eigenvalue weighted by molar-refractivity contribution is 0.129. The molecule has 0 bridgehead atoms. The number of nitrogens with two attached hydrogens (primary N) is 1. The van der Waals surface area contributed by atoms with Crippen LogP contribution in [0, 0.1) is 0 Å². The molecule has 0 fully saturated rings. The van der Waals surface area contributed by atoms with Gasteiger partial charge >= 0.3 is 0 Å². The van der Waals surface area contributed by atoms with E-state index in [0.29, 0.717) is 12.5 Å². The molecule has 6 heteroatoms. The maximum Gasteiger partial charge on any atom is 0.188 e. The number of rotatable bonds is 14. The number of guanidine groups is 1. The lowest BCUT2D eigenvalue weighted by Gasteiger charge is -2.06. The van der Waals surface area contributed by atoms with Crippen molar-refractivity contribution < 1.29 is 4.74 Å². The van der Waals surface area contributed by atoms with Crippen molar-refractivity contribution in [2.45, 2.75) is 58.3 Å². The van der Waals surface area contributed by atoms with Gasteiger partial charge in [-0.05, 0) is 25.0 Å². The van der Waals surface area contributed by atoms with Gasteiger partial charge in [0.1, 0.15) is 0 Å². The molecule has 0 unspecified atom stereocenters. The molecular weight excluding hydrogens is 427 g/mol. The van der Waals surface area contributed by atoms with Gasteiger partial charge in [-0.3, -0.25) is 9.98 Å². The van der Waals surface area contributed by atoms with Crippen molar-refractivity contribution in [2.24, 2.45) is 10.7 Å². The van der Waals surface area contributed by atoms with E-state index in [0.717, 1.165) is 38.3 Å². The van der Waals surface area contributed by atoms with Crippen molar-refractivity contribution >= 4 is 29.9 Å². The van der Waals surface area contributed by atoms with Crippen LogP contribution in [0.25, 0.3) is 0 Å². The largest absolute Gasteiger partial charge is 0.381 e. The highest BCUT2D eigenvalue weighted by molar-refractivity contribution is 14.0. The topological polar surface area (TPSA) is 72.5 Å². The molecule has 25 heavy (non-hydrogen) atoms. The molecule has 3 N–H and O–H groups in total. The number of nitrogens with one attached hydrogen (secondary N) is 1. The van der Waals surface area contributed by atoms with E-state index < -0.39 is 0 Å². The first kappa shape index (κ1) is 24.1. The molecule has 0 aliphatic rings. The molecule has 0 aliphatic heterocycles.